The van der Waals surface area contributed by atoms with Crippen molar-refractivity contribution in [1.82, 2.24) is 4.72 Å². The fourth-order valence-corrected chi connectivity index (χ4v) is 4.04. The molecule has 1 amide bonds. The number of methoxy groups -OCH3 is 1. The first-order valence-corrected chi connectivity index (χ1v) is 12.3. The average molecular weight is 478 g/mol. The maximum atomic E-state index is 13.0. The molecule has 0 saturated heterocycles. The Morgan fingerprint density at radius 3 is 2.32 bits per heavy atom. The van der Waals surface area contributed by atoms with E-state index < -0.39 is 16.0 Å². The molecule has 0 radical (unpaired) electrons. The third-order valence-corrected chi connectivity index (χ3v) is 5.93. The molecule has 0 unspecified atom stereocenters. The van der Waals surface area contributed by atoms with E-state index in [1.165, 1.54) is 7.11 Å². The first-order chi connectivity index (χ1) is 16.2. The van der Waals surface area contributed by atoms with Gasteiger partial charge in [0.25, 0.3) is 5.91 Å². The van der Waals surface area contributed by atoms with Crippen molar-refractivity contribution in [3.63, 3.8) is 0 Å². The van der Waals surface area contributed by atoms with E-state index in [-0.39, 0.29) is 12.5 Å². The number of ether oxygens (including phenoxy) is 1. The van der Waals surface area contributed by atoms with Crippen LogP contribution in [0, 0.1) is 0 Å². The first-order valence-electron chi connectivity index (χ1n) is 10.4. The molecule has 4 rings (SSSR count). The summed E-state index contributed by atoms with van der Waals surface area (Å²) in [6.07, 6.45) is 1.11. The Labute approximate surface area is 197 Å². The van der Waals surface area contributed by atoms with Crippen LogP contribution in [0.15, 0.2) is 72.8 Å². The number of hydrogen-bond acceptors (Lipinski definition) is 6. The zero-order chi connectivity index (χ0) is 24.3. The highest BCUT2D eigenvalue weighted by atomic mass is 32.2. The molecule has 3 N–H and O–H groups in total. The summed E-state index contributed by atoms with van der Waals surface area (Å²) in [5.74, 6) is -0.779. The molecular weight excluding hydrogens is 454 g/mol. The quantitative estimate of drug-likeness (QED) is 0.355. The third kappa shape index (κ3) is 5.16. The van der Waals surface area contributed by atoms with Crippen molar-refractivity contribution in [3.8, 4) is 0 Å². The number of fused-ring (bicyclic) bond motifs is 1. The predicted octanol–water partition coefficient (Wildman–Crippen LogP) is 3.45. The maximum absolute atomic E-state index is 13.0. The highest BCUT2D eigenvalue weighted by Crippen LogP contribution is 2.38. The molecule has 34 heavy (non-hydrogen) atoms. The van der Waals surface area contributed by atoms with E-state index in [2.05, 4.69) is 15.4 Å². The summed E-state index contributed by atoms with van der Waals surface area (Å²) >= 11 is 0. The van der Waals surface area contributed by atoms with Crippen LogP contribution in [-0.4, -0.2) is 33.7 Å². The fraction of sp³-hybridized carbons (Fsp3) is 0.120. The van der Waals surface area contributed by atoms with Crippen molar-refractivity contribution in [2.24, 2.45) is 0 Å². The minimum absolute atomic E-state index is 0.185. The van der Waals surface area contributed by atoms with Gasteiger partial charge in [-0.05, 0) is 35.4 Å². The van der Waals surface area contributed by atoms with Gasteiger partial charge < -0.3 is 15.4 Å². The molecule has 0 aliphatic carbocycles. The molecule has 0 aromatic heterocycles. The Hall–Kier alpha value is -3.95. The smallest absolute Gasteiger partial charge is 0.337 e. The Morgan fingerprint density at radius 1 is 0.971 bits per heavy atom. The van der Waals surface area contributed by atoms with Crippen molar-refractivity contribution < 1.29 is 22.7 Å². The summed E-state index contributed by atoms with van der Waals surface area (Å²) in [5.41, 5.74) is 4.91. The van der Waals surface area contributed by atoms with Gasteiger partial charge in [0.1, 0.15) is 0 Å². The van der Waals surface area contributed by atoms with Gasteiger partial charge in [0, 0.05) is 17.8 Å². The number of amides is 1. The van der Waals surface area contributed by atoms with Gasteiger partial charge in [-0.15, -0.1) is 0 Å². The molecule has 1 aliphatic rings. The Kier molecular flexibility index (Phi) is 6.49. The molecule has 9 heteroatoms. The van der Waals surface area contributed by atoms with Gasteiger partial charge in [-0.1, -0.05) is 48.5 Å². The number of nitrogens with one attached hydrogen (secondary N) is 3. The molecule has 3 aromatic rings. The van der Waals surface area contributed by atoms with Crippen molar-refractivity contribution in [2.45, 2.75) is 6.54 Å². The van der Waals surface area contributed by atoms with Gasteiger partial charge >= 0.3 is 5.97 Å². The second-order valence-electron chi connectivity index (χ2n) is 7.74. The average Bonchev–Trinajstić information content (AvgIpc) is 3.16. The van der Waals surface area contributed by atoms with Gasteiger partial charge in [0.05, 0.1) is 35.9 Å². The number of carbonyl (C=O) groups is 2. The summed E-state index contributed by atoms with van der Waals surface area (Å²) in [6, 6.07) is 21.6. The molecule has 1 aliphatic heterocycles. The third-order valence-electron chi connectivity index (χ3n) is 5.26. The van der Waals surface area contributed by atoms with E-state index in [1.54, 1.807) is 30.3 Å². The summed E-state index contributed by atoms with van der Waals surface area (Å²) in [7, 11) is -1.98. The molecular formula is C25H23N3O5S. The minimum atomic E-state index is -3.29. The largest absolute Gasteiger partial charge is 0.465 e. The standard InChI is InChI=1S/C25H23N3O5S/c1-33-25(30)18-10-13-20-21(14-18)28-24(29)22(20)23(17-6-4-3-5-7-17)27-19-11-8-16(9-12-19)15-26-34(2,31)32/h3-14,26-27H,15H2,1-2H3,(H,28,29). The predicted molar refractivity (Wildman–Crippen MR) is 131 cm³/mol. The van der Waals surface area contributed by atoms with Gasteiger partial charge in [0.15, 0.2) is 0 Å². The highest BCUT2D eigenvalue weighted by molar-refractivity contribution is 7.88. The SMILES string of the molecule is COC(=O)c1ccc2c(c1)NC(=O)C2=C(Nc1ccc(CNS(C)(=O)=O)cc1)c1ccccc1. The van der Waals surface area contributed by atoms with E-state index in [0.29, 0.717) is 28.1 Å². The summed E-state index contributed by atoms with van der Waals surface area (Å²) < 4.78 is 29.9. The lowest BCUT2D eigenvalue weighted by Gasteiger charge is -2.15. The summed E-state index contributed by atoms with van der Waals surface area (Å²) in [4.78, 5) is 24.9. The second kappa shape index (κ2) is 9.50. The molecule has 1 heterocycles. The van der Waals surface area contributed by atoms with Crippen LogP contribution in [0.4, 0.5) is 11.4 Å². The van der Waals surface area contributed by atoms with Crippen molar-refractivity contribution in [1.29, 1.82) is 0 Å². The van der Waals surface area contributed by atoms with E-state index in [4.69, 9.17) is 4.74 Å². The fourth-order valence-electron chi connectivity index (χ4n) is 3.61. The topological polar surface area (TPSA) is 114 Å². The molecule has 0 bridgehead atoms. The highest BCUT2D eigenvalue weighted by Gasteiger charge is 2.29. The molecule has 0 saturated carbocycles. The van der Waals surface area contributed by atoms with Crippen LogP contribution in [0.1, 0.15) is 27.0 Å². The molecule has 3 aromatic carbocycles. The maximum Gasteiger partial charge on any atom is 0.337 e. The number of carbonyl (C=O) groups excluding carboxylic acids is 2. The molecule has 174 valence electrons. The monoisotopic (exact) mass is 477 g/mol. The van der Waals surface area contributed by atoms with E-state index in [0.717, 1.165) is 23.1 Å². The van der Waals surface area contributed by atoms with Gasteiger partial charge in [-0.2, -0.15) is 0 Å². The lowest BCUT2D eigenvalue weighted by Crippen LogP contribution is -2.21. The minimum Gasteiger partial charge on any atom is -0.465 e. The van der Waals surface area contributed by atoms with Crippen LogP contribution in [0.25, 0.3) is 11.3 Å². The number of rotatable bonds is 7. The zero-order valence-electron chi connectivity index (χ0n) is 18.6. The van der Waals surface area contributed by atoms with Gasteiger partial charge in [-0.3, -0.25) is 4.79 Å². The van der Waals surface area contributed by atoms with Crippen LogP contribution in [-0.2, 0) is 26.1 Å². The molecule has 0 atom stereocenters. The van der Waals surface area contributed by atoms with Crippen LogP contribution in [0.5, 0.6) is 0 Å². The second-order valence-corrected chi connectivity index (χ2v) is 9.57. The number of hydrogen-bond donors (Lipinski definition) is 3. The first kappa shape index (κ1) is 23.2. The Bertz CT molecular complexity index is 1380. The lowest BCUT2D eigenvalue weighted by molar-refractivity contribution is -0.110. The lowest BCUT2D eigenvalue weighted by atomic mass is 9.99. The van der Waals surface area contributed by atoms with E-state index in [9.17, 15) is 18.0 Å². The van der Waals surface area contributed by atoms with Crippen molar-refractivity contribution in [3.05, 3.63) is 95.1 Å². The van der Waals surface area contributed by atoms with Crippen LogP contribution >= 0.6 is 0 Å². The van der Waals surface area contributed by atoms with Crippen LogP contribution in [0.2, 0.25) is 0 Å². The Balaban J connectivity index is 1.73. The van der Waals surface area contributed by atoms with Crippen LogP contribution < -0.4 is 15.4 Å². The van der Waals surface area contributed by atoms with Crippen molar-refractivity contribution in [2.75, 3.05) is 24.0 Å². The normalized spacial score (nSPS) is 14.2. The number of sulfonamides is 1. The van der Waals surface area contributed by atoms with Crippen molar-refractivity contribution >= 4 is 44.5 Å². The number of benzene rings is 3. The number of anilines is 2. The zero-order valence-corrected chi connectivity index (χ0v) is 19.4. The van der Waals surface area contributed by atoms with E-state index in [1.807, 2.05) is 42.5 Å². The van der Waals surface area contributed by atoms with Gasteiger partial charge in [-0.25, -0.2) is 17.9 Å². The van der Waals surface area contributed by atoms with E-state index >= 15 is 0 Å². The Morgan fingerprint density at radius 2 is 1.68 bits per heavy atom. The van der Waals surface area contributed by atoms with Crippen LogP contribution in [0.3, 0.4) is 0 Å². The molecule has 8 nitrogen and oxygen atoms in total. The number of esters is 1. The summed E-state index contributed by atoms with van der Waals surface area (Å²) in [6.45, 7) is 0.185. The molecule has 0 spiro atoms. The van der Waals surface area contributed by atoms with Gasteiger partial charge in [0.2, 0.25) is 10.0 Å². The molecule has 0 fully saturated rings. The summed E-state index contributed by atoms with van der Waals surface area (Å²) in [5, 5.41) is 6.18.